The molecule has 0 unspecified atom stereocenters. The molecule has 1 nitrogen and oxygen atoms in total. The number of hydrogen-bond donors (Lipinski definition) is 0. The van der Waals surface area contributed by atoms with Crippen LogP contribution in [-0.4, -0.2) is 16.5 Å². The highest BCUT2D eigenvalue weighted by Gasteiger charge is 2.25. The van der Waals surface area contributed by atoms with Crippen LogP contribution in [0.15, 0.2) is 0 Å². The van der Waals surface area contributed by atoms with E-state index in [1.165, 1.54) is 0 Å². The second kappa shape index (κ2) is 2.89. The van der Waals surface area contributed by atoms with Crippen LogP contribution in [-0.2, 0) is 4.79 Å². The van der Waals surface area contributed by atoms with Crippen molar-refractivity contribution in [1.29, 1.82) is 0 Å². The number of halogens is 2. The predicted octanol–water partition coefficient (Wildman–Crippen LogP) is 1.95. The number of ketones is 1. The lowest BCUT2D eigenvalue weighted by atomic mass is 9.98. The van der Waals surface area contributed by atoms with E-state index >= 15 is 0 Å². The number of Topliss-reactive ketones (excluding diaryl/α,β-unsaturated/α-hetero) is 1. The van der Waals surface area contributed by atoms with E-state index in [1.807, 2.05) is 0 Å². The Labute approximate surface area is 64.3 Å². The zero-order chi connectivity index (χ0) is 6.85. The number of carbonyl (C=O) groups excluding carboxylic acids is 1. The first-order valence-corrected chi connectivity index (χ1v) is 3.88. The largest absolute Gasteiger partial charge is 0.298 e. The summed E-state index contributed by atoms with van der Waals surface area (Å²) in [6.07, 6.45) is 1.99. The molecule has 0 aromatic carbocycles. The SMILES string of the molecule is O=C1CC[C@@H](Cl)C[C@@H]1Cl. The second-order valence-corrected chi connectivity index (χ2v) is 3.45. The highest BCUT2D eigenvalue weighted by atomic mass is 35.5. The minimum atomic E-state index is -0.318. The summed E-state index contributed by atoms with van der Waals surface area (Å²) in [6, 6.07) is 0. The molecule has 0 aromatic heterocycles. The first-order chi connectivity index (χ1) is 4.20. The van der Waals surface area contributed by atoms with Crippen LogP contribution < -0.4 is 0 Å². The van der Waals surface area contributed by atoms with Gasteiger partial charge in [0.25, 0.3) is 0 Å². The average Bonchev–Trinajstić information content (AvgIpc) is 1.80. The molecule has 0 aliphatic heterocycles. The van der Waals surface area contributed by atoms with Crippen LogP contribution in [0.2, 0.25) is 0 Å². The fourth-order valence-corrected chi connectivity index (χ4v) is 1.63. The smallest absolute Gasteiger partial charge is 0.150 e. The maximum atomic E-state index is 10.7. The van der Waals surface area contributed by atoms with Crippen molar-refractivity contribution < 1.29 is 4.79 Å². The van der Waals surface area contributed by atoms with Gasteiger partial charge in [0.05, 0.1) is 5.38 Å². The van der Waals surface area contributed by atoms with E-state index in [0.717, 1.165) is 6.42 Å². The normalized spacial score (nSPS) is 36.9. The monoisotopic (exact) mass is 166 g/mol. The molecule has 0 bridgehead atoms. The number of rotatable bonds is 0. The van der Waals surface area contributed by atoms with Crippen molar-refractivity contribution in [2.24, 2.45) is 0 Å². The Morgan fingerprint density at radius 2 is 2.11 bits per heavy atom. The zero-order valence-electron chi connectivity index (χ0n) is 4.94. The van der Waals surface area contributed by atoms with E-state index in [2.05, 4.69) is 0 Å². The quantitative estimate of drug-likeness (QED) is 0.504. The third-order valence-corrected chi connectivity index (χ3v) is 2.33. The molecule has 3 heteroatoms. The van der Waals surface area contributed by atoms with E-state index in [4.69, 9.17) is 23.2 Å². The molecule has 0 amide bonds. The molecule has 2 atom stereocenters. The lowest BCUT2D eigenvalue weighted by Gasteiger charge is -2.18. The Kier molecular flexibility index (Phi) is 2.36. The fourth-order valence-electron chi connectivity index (χ4n) is 0.929. The highest BCUT2D eigenvalue weighted by molar-refractivity contribution is 6.32. The van der Waals surface area contributed by atoms with Crippen LogP contribution in [0.5, 0.6) is 0 Å². The molecule has 0 saturated heterocycles. The maximum absolute atomic E-state index is 10.7. The summed E-state index contributed by atoms with van der Waals surface area (Å²) >= 11 is 11.4. The summed E-state index contributed by atoms with van der Waals surface area (Å²) < 4.78 is 0. The van der Waals surface area contributed by atoms with Gasteiger partial charge in [-0.2, -0.15) is 0 Å². The van der Waals surface area contributed by atoms with E-state index in [9.17, 15) is 4.79 Å². The number of carbonyl (C=O) groups is 1. The van der Waals surface area contributed by atoms with E-state index in [-0.39, 0.29) is 16.5 Å². The highest BCUT2D eigenvalue weighted by Crippen LogP contribution is 2.23. The van der Waals surface area contributed by atoms with Gasteiger partial charge in [0.1, 0.15) is 0 Å². The van der Waals surface area contributed by atoms with Gasteiger partial charge < -0.3 is 0 Å². The summed E-state index contributed by atoms with van der Waals surface area (Å²) in [5, 5.41) is -0.202. The molecule has 1 aliphatic carbocycles. The standard InChI is InChI=1S/C6H8Cl2O/c7-4-1-2-6(9)5(8)3-4/h4-5H,1-3H2/t4-,5+/m1/s1. The summed E-state index contributed by atoms with van der Waals surface area (Å²) in [7, 11) is 0. The van der Waals surface area contributed by atoms with Gasteiger partial charge in [0, 0.05) is 11.8 Å². The van der Waals surface area contributed by atoms with E-state index in [0.29, 0.717) is 12.8 Å². The Balaban J connectivity index is 2.44. The first-order valence-electron chi connectivity index (χ1n) is 3.01. The van der Waals surface area contributed by atoms with Crippen LogP contribution >= 0.6 is 23.2 Å². The molecule has 0 radical (unpaired) electrons. The lowest BCUT2D eigenvalue weighted by Crippen LogP contribution is -2.25. The topological polar surface area (TPSA) is 17.1 Å². The number of hydrogen-bond acceptors (Lipinski definition) is 1. The molecule has 52 valence electrons. The Morgan fingerprint density at radius 3 is 2.56 bits per heavy atom. The van der Waals surface area contributed by atoms with Gasteiger partial charge in [0.15, 0.2) is 5.78 Å². The van der Waals surface area contributed by atoms with Crippen molar-refractivity contribution in [3.63, 3.8) is 0 Å². The summed E-state index contributed by atoms with van der Waals surface area (Å²) in [6.45, 7) is 0. The minimum absolute atomic E-state index is 0.116. The van der Waals surface area contributed by atoms with Crippen molar-refractivity contribution in [1.82, 2.24) is 0 Å². The summed E-state index contributed by atoms with van der Waals surface area (Å²) in [5.74, 6) is 0.147. The summed E-state index contributed by atoms with van der Waals surface area (Å²) in [4.78, 5) is 10.7. The fraction of sp³-hybridized carbons (Fsp3) is 0.833. The number of alkyl halides is 2. The van der Waals surface area contributed by atoms with Crippen LogP contribution in [0.3, 0.4) is 0 Å². The molecular formula is C6H8Cl2O. The van der Waals surface area contributed by atoms with Crippen molar-refractivity contribution in [2.75, 3.05) is 0 Å². The van der Waals surface area contributed by atoms with Gasteiger partial charge in [-0.05, 0) is 12.8 Å². The molecule has 0 aromatic rings. The van der Waals surface area contributed by atoms with Gasteiger partial charge >= 0.3 is 0 Å². The summed E-state index contributed by atoms with van der Waals surface area (Å²) in [5.41, 5.74) is 0. The first kappa shape index (κ1) is 7.36. The van der Waals surface area contributed by atoms with Crippen LogP contribution in [0.1, 0.15) is 19.3 Å². The molecule has 1 rings (SSSR count). The van der Waals surface area contributed by atoms with Crippen molar-refractivity contribution in [2.45, 2.75) is 30.0 Å². The zero-order valence-corrected chi connectivity index (χ0v) is 6.45. The molecule has 0 spiro atoms. The minimum Gasteiger partial charge on any atom is -0.298 e. The molecule has 1 aliphatic rings. The van der Waals surface area contributed by atoms with E-state index in [1.54, 1.807) is 0 Å². The Morgan fingerprint density at radius 1 is 1.44 bits per heavy atom. The van der Waals surface area contributed by atoms with E-state index < -0.39 is 0 Å². The van der Waals surface area contributed by atoms with Crippen LogP contribution in [0.25, 0.3) is 0 Å². The van der Waals surface area contributed by atoms with Crippen molar-refractivity contribution in [3.05, 3.63) is 0 Å². The van der Waals surface area contributed by atoms with Gasteiger partial charge in [0.2, 0.25) is 0 Å². The molecular weight excluding hydrogens is 159 g/mol. The molecule has 9 heavy (non-hydrogen) atoms. The maximum Gasteiger partial charge on any atom is 0.150 e. The average molecular weight is 167 g/mol. The third-order valence-electron chi connectivity index (χ3n) is 1.52. The third kappa shape index (κ3) is 1.84. The van der Waals surface area contributed by atoms with Crippen LogP contribution in [0, 0.1) is 0 Å². The van der Waals surface area contributed by atoms with Crippen molar-refractivity contribution in [3.8, 4) is 0 Å². The molecule has 1 fully saturated rings. The second-order valence-electron chi connectivity index (χ2n) is 2.31. The Hall–Kier alpha value is 0.250. The van der Waals surface area contributed by atoms with Gasteiger partial charge in [-0.25, -0.2) is 0 Å². The van der Waals surface area contributed by atoms with Crippen LogP contribution in [0.4, 0.5) is 0 Å². The molecule has 1 saturated carbocycles. The van der Waals surface area contributed by atoms with Gasteiger partial charge in [-0.3, -0.25) is 4.79 Å². The molecule has 0 heterocycles. The van der Waals surface area contributed by atoms with Gasteiger partial charge in [-0.15, -0.1) is 23.2 Å². The van der Waals surface area contributed by atoms with Crippen molar-refractivity contribution >= 4 is 29.0 Å². The lowest BCUT2D eigenvalue weighted by molar-refractivity contribution is -0.119. The Bertz CT molecular complexity index is 124. The predicted molar refractivity (Wildman–Crippen MR) is 38.1 cm³/mol. The van der Waals surface area contributed by atoms with Gasteiger partial charge in [-0.1, -0.05) is 0 Å². The molecule has 0 N–H and O–H groups in total.